The Labute approximate surface area is 121 Å². The monoisotopic (exact) mass is 282 g/mol. The molecule has 0 aliphatic rings. The van der Waals surface area contributed by atoms with Crippen molar-refractivity contribution in [2.75, 3.05) is 5.32 Å². The highest BCUT2D eigenvalue weighted by atomic mass is 32.1. The van der Waals surface area contributed by atoms with E-state index >= 15 is 0 Å². The molecule has 0 spiro atoms. The molecule has 0 fully saturated rings. The van der Waals surface area contributed by atoms with Crippen molar-refractivity contribution in [3.05, 3.63) is 60.1 Å². The number of hydrogen-bond donors (Lipinski definition) is 1. The second kappa shape index (κ2) is 5.79. The molecule has 2 aromatic heterocycles. The summed E-state index contributed by atoms with van der Waals surface area (Å²) in [6.45, 7) is 2.07. The zero-order valence-corrected chi connectivity index (χ0v) is 11.8. The van der Waals surface area contributed by atoms with Gasteiger partial charge in [0.2, 0.25) is 0 Å². The number of nitrogens with one attached hydrogen (secondary N) is 1. The lowest BCUT2D eigenvalue weighted by molar-refractivity contribution is 0.827. The molecular weight excluding hydrogens is 268 g/mol. The van der Waals surface area contributed by atoms with Crippen LogP contribution >= 0.6 is 11.3 Å². The van der Waals surface area contributed by atoms with Crippen molar-refractivity contribution in [3.63, 3.8) is 0 Å². The summed E-state index contributed by atoms with van der Waals surface area (Å²) in [5.74, 6) is 0. The lowest BCUT2D eigenvalue weighted by Gasteiger charge is -2.14. The van der Waals surface area contributed by atoms with Crippen LogP contribution in [-0.2, 0) is 0 Å². The van der Waals surface area contributed by atoms with Gasteiger partial charge in [-0.2, -0.15) is 0 Å². The highest BCUT2D eigenvalue weighted by Crippen LogP contribution is 2.26. The fourth-order valence-corrected chi connectivity index (χ4v) is 2.60. The Kier molecular flexibility index (Phi) is 3.69. The van der Waals surface area contributed by atoms with Gasteiger partial charge in [0.1, 0.15) is 5.01 Å². The van der Waals surface area contributed by atoms with Gasteiger partial charge < -0.3 is 5.32 Å². The van der Waals surface area contributed by atoms with Crippen molar-refractivity contribution < 1.29 is 0 Å². The molecule has 1 N–H and O–H groups in total. The summed E-state index contributed by atoms with van der Waals surface area (Å²) in [5.41, 5.74) is 3.10. The maximum Gasteiger partial charge on any atom is 0.123 e. The molecular formula is C15H14N4S. The Balaban J connectivity index is 1.80. The van der Waals surface area contributed by atoms with Gasteiger partial charge in [0.05, 0.1) is 17.9 Å². The normalized spacial score (nSPS) is 12.1. The van der Waals surface area contributed by atoms with Crippen molar-refractivity contribution >= 4 is 17.0 Å². The van der Waals surface area contributed by atoms with Gasteiger partial charge in [-0.25, -0.2) is 4.98 Å². The van der Waals surface area contributed by atoms with Crippen molar-refractivity contribution in [1.29, 1.82) is 0 Å². The summed E-state index contributed by atoms with van der Waals surface area (Å²) in [7, 11) is 0. The molecule has 0 aliphatic heterocycles. The van der Waals surface area contributed by atoms with E-state index in [1.807, 2.05) is 23.7 Å². The molecule has 4 nitrogen and oxygen atoms in total. The smallest absolute Gasteiger partial charge is 0.123 e. The molecule has 0 saturated heterocycles. The molecule has 0 aliphatic carbocycles. The standard InChI is InChI=1S/C15H14N4S/c1-11(14-10-16-5-6-17-14)19-13-4-2-3-12(9-13)15-18-7-8-20-15/h2-11,19H,1H3. The van der Waals surface area contributed by atoms with Crippen LogP contribution < -0.4 is 5.32 Å². The van der Waals surface area contributed by atoms with Gasteiger partial charge in [-0.3, -0.25) is 9.97 Å². The molecule has 1 atom stereocenters. The minimum absolute atomic E-state index is 0.107. The Morgan fingerprint density at radius 3 is 2.85 bits per heavy atom. The third kappa shape index (κ3) is 2.83. The van der Waals surface area contributed by atoms with Crippen LogP contribution in [-0.4, -0.2) is 15.0 Å². The fourth-order valence-electron chi connectivity index (χ4n) is 1.97. The summed E-state index contributed by atoms with van der Waals surface area (Å²) >= 11 is 1.64. The average molecular weight is 282 g/mol. The zero-order chi connectivity index (χ0) is 13.8. The van der Waals surface area contributed by atoms with Crippen LogP contribution in [0.1, 0.15) is 18.7 Å². The summed E-state index contributed by atoms with van der Waals surface area (Å²) in [4.78, 5) is 12.7. The Morgan fingerprint density at radius 2 is 2.10 bits per heavy atom. The molecule has 0 radical (unpaired) electrons. The van der Waals surface area contributed by atoms with Crippen LogP contribution in [0.4, 0.5) is 5.69 Å². The van der Waals surface area contributed by atoms with E-state index in [1.54, 1.807) is 29.9 Å². The third-order valence-electron chi connectivity index (χ3n) is 2.95. The van der Waals surface area contributed by atoms with Gasteiger partial charge in [-0.1, -0.05) is 12.1 Å². The molecule has 1 unspecified atom stereocenters. The molecule has 20 heavy (non-hydrogen) atoms. The van der Waals surface area contributed by atoms with E-state index in [9.17, 15) is 0 Å². The topological polar surface area (TPSA) is 50.7 Å². The third-order valence-corrected chi connectivity index (χ3v) is 3.77. The maximum atomic E-state index is 4.33. The van der Waals surface area contributed by atoms with Crippen LogP contribution in [0.25, 0.3) is 10.6 Å². The van der Waals surface area contributed by atoms with Gasteiger partial charge in [0.15, 0.2) is 0 Å². The second-order valence-corrected chi connectivity index (χ2v) is 5.31. The van der Waals surface area contributed by atoms with Crippen LogP contribution in [0.15, 0.2) is 54.4 Å². The molecule has 0 saturated carbocycles. The summed E-state index contributed by atoms with van der Waals surface area (Å²) in [6, 6.07) is 8.35. The summed E-state index contributed by atoms with van der Waals surface area (Å²) in [5, 5.41) is 6.45. The molecule has 0 bridgehead atoms. The van der Waals surface area contributed by atoms with Crippen LogP contribution in [0.5, 0.6) is 0 Å². The van der Waals surface area contributed by atoms with Gasteiger partial charge in [-0.05, 0) is 19.1 Å². The number of thiazole rings is 1. The largest absolute Gasteiger partial charge is 0.377 e. The first-order chi connectivity index (χ1) is 9.83. The zero-order valence-electron chi connectivity index (χ0n) is 11.0. The number of anilines is 1. The minimum Gasteiger partial charge on any atom is -0.377 e. The average Bonchev–Trinajstić information content (AvgIpc) is 3.03. The molecule has 0 amide bonds. The first-order valence-electron chi connectivity index (χ1n) is 6.35. The lowest BCUT2D eigenvalue weighted by Crippen LogP contribution is -2.08. The predicted octanol–water partition coefficient (Wildman–Crippen LogP) is 3.77. The van der Waals surface area contributed by atoms with E-state index in [0.717, 1.165) is 22.0 Å². The van der Waals surface area contributed by atoms with E-state index in [2.05, 4.69) is 39.3 Å². The van der Waals surface area contributed by atoms with Crippen molar-refractivity contribution in [2.24, 2.45) is 0 Å². The second-order valence-electron chi connectivity index (χ2n) is 4.41. The van der Waals surface area contributed by atoms with E-state index in [0.29, 0.717) is 0 Å². The van der Waals surface area contributed by atoms with Crippen LogP contribution in [0.2, 0.25) is 0 Å². The number of benzene rings is 1. The number of nitrogens with zero attached hydrogens (tertiary/aromatic N) is 3. The van der Waals surface area contributed by atoms with Crippen LogP contribution in [0.3, 0.4) is 0 Å². The molecule has 2 heterocycles. The Bertz CT molecular complexity index is 667. The van der Waals surface area contributed by atoms with Gasteiger partial charge in [-0.15, -0.1) is 11.3 Å². The number of aromatic nitrogens is 3. The first kappa shape index (κ1) is 12.7. The number of hydrogen-bond acceptors (Lipinski definition) is 5. The van der Waals surface area contributed by atoms with E-state index < -0.39 is 0 Å². The van der Waals surface area contributed by atoms with Crippen molar-refractivity contribution in [1.82, 2.24) is 15.0 Å². The maximum absolute atomic E-state index is 4.33. The quantitative estimate of drug-likeness (QED) is 0.791. The molecule has 3 rings (SSSR count). The predicted molar refractivity (Wildman–Crippen MR) is 81.6 cm³/mol. The Morgan fingerprint density at radius 1 is 1.15 bits per heavy atom. The highest BCUT2D eigenvalue weighted by Gasteiger charge is 2.07. The highest BCUT2D eigenvalue weighted by molar-refractivity contribution is 7.13. The molecule has 1 aromatic carbocycles. The SMILES string of the molecule is CC(Nc1cccc(-c2nccs2)c1)c1cnccn1. The van der Waals surface area contributed by atoms with Gasteiger partial charge >= 0.3 is 0 Å². The van der Waals surface area contributed by atoms with Crippen LogP contribution in [0, 0.1) is 0 Å². The Hall–Kier alpha value is -2.27. The van der Waals surface area contributed by atoms with E-state index in [-0.39, 0.29) is 6.04 Å². The van der Waals surface area contributed by atoms with E-state index in [1.165, 1.54) is 0 Å². The molecule has 5 heteroatoms. The lowest BCUT2D eigenvalue weighted by atomic mass is 10.2. The van der Waals surface area contributed by atoms with Gasteiger partial charge in [0, 0.05) is 35.2 Å². The van der Waals surface area contributed by atoms with Gasteiger partial charge in [0.25, 0.3) is 0 Å². The van der Waals surface area contributed by atoms with E-state index in [4.69, 9.17) is 0 Å². The summed E-state index contributed by atoms with van der Waals surface area (Å²) < 4.78 is 0. The summed E-state index contributed by atoms with van der Waals surface area (Å²) in [6.07, 6.45) is 6.99. The minimum atomic E-state index is 0.107. The van der Waals surface area contributed by atoms with Crippen molar-refractivity contribution in [3.8, 4) is 10.6 Å². The molecule has 3 aromatic rings. The van der Waals surface area contributed by atoms with Crippen molar-refractivity contribution in [2.45, 2.75) is 13.0 Å². The fraction of sp³-hybridized carbons (Fsp3) is 0.133. The molecule has 100 valence electrons. The number of rotatable bonds is 4. The first-order valence-corrected chi connectivity index (χ1v) is 7.23.